The number of hydrogen-bond donors (Lipinski definition) is 1. The van der Waals surface area contributed by atoms with E-state index in [0.717, 1.165) is 9.87 Å². The predicted octanol–water partition coefficient (Wildman–Crippen LogP) is 4.11. The number of rotatable bonds is 8. The molecule has 3 aromatic rings. The molecule has 3 rings (SSSR count). The molecule has 0 atom stereocenters. The summed E-state index contributed by atoms with van der Waals surface area (Å²) in [5.74, 6) is 0.656. The fourth-order valence-electron chi connectivity index (χ4n) is 3.14. The summed E-state index contributed by atoms with van der Waals surface area (Å²) < 4.78 is 37.9. The maximum absolute atomic E-state index is 13.1. The summed E-state index contributed by atoms with van der Waals surface area (Å²) in [4.78, 5) is 12.7. The highest BCUT2D eigenvalue weighted by Crippen LogP contribution is 2.30. The molecule has 0 aliphatic heterocycles. The van der Waals surface area contributed by atoms with E-state index in [4.69, 9.17) is 21.1 Å². The number of methoxy groups -OCH3 is 2. The van der Waals surface area contributed by atoms with Crippen LogP contribution in [0.5, 0.6) is 11.5 Å². The molecular formula is C23H23ClN2O5S. The molecule has 0 bridgehead atoms. The Hall–Kier alpha value is -3.23. The van der Waals surface area contributed by atoms with Crippen LogP contribution >= 0.6 is 11.6 Å². The topological polar surface area (TPSA) is 84.9 Å². The van der Waals surface area contributed by atoms with Gasteiger partial charge in [-0.1, -0.05) is 35.9 Å². The first-order chi connectivity index (χ1) is 15.3. The Morgan fingerprint density at radius 2 is 1.72 bits per heavy atom. The predicted molar refractivity (Wildman–Crippen MR) is 124 cm³/mol. The van der Waals surface area contributed by atoms with E-state index in [2.05, 4.69) is 5.32 Å². The molecule has 0 saturated heterocycles. The zero-order valence-corrected chi connectivity index (χ0v) is 19.4. The second-order valence-corrected chi connectivity index (χ2v) is 9.22. The summed E-state index contributed by atoms with van der Waals surface area (Å²) in [6.07, 6.45) is 0. The third-order valence-electron chi connectivity index (χ3n) is 4.85. The maximum atomic E-state index is 13.1. The van der Waals surface area contributed by atoms with Crippen LogP contribution < -0.4 is 19.1 Å². The van der Waals surface area contributed by atoms with Gasteiger partial charge in [0.05, 0.1) is 24.8 Å². The van der Waals surface area contributed by atoms with Crippen molar-refractivity contribution in [2.45, 2.75) is 11.4 Å². The first-order valence-corrected chi connectivity index (χ1v) is 11.4. The lowest BCUT2D eigenvalue weighted by Crippen LogP contribution is -2.27. The van der Waals surface area contributed by atoms with Crippen LogP contribution in [0.15, 0.2) is 71.6 Å². The molecule has 9 heteroatoms. The summed E-state index contributed by atoms with van der Waals surface area (Å²) >= 11 is 5.99. The quantitative estimate of drug-likeness (QED) is 0.531. The molecular weight excluding hydrogens is 452 g/mol. The Balaban J connectivity index is 1.81. The van der Waals surface area contributed by atoms with Crippen LogP contribution in [0.1, 0.15) is 15.9 Å². The Labute approximate surface area is 192 Å². The van der Waals surface area contributed by atoms with Crippen LogP contribution in [0.2, 0.25) is 5.02 Å². The number of nitrogens with one attached hydrogen (secondary N) is 1. The second kappa shape index (κ2) is 9.93. The SMILES string of the molecule is COc1cccc(CNC(=O)c2cccc(S(=O)(=O)N(C)c3cccc(Cl)c3)c2)c1OC. The number of carbonyl (C=O) groups is 1. The van der Waals surface area contributed by atoms with E-state index in [1.165, 1.54) is 39.5 Å². The van der Waals surface area contributed by atoms with Gasteiger partial charge in [-0.2, -0.15) is 0 Å². The number of hydrogen-bond acceptors (Lipinski definition) is 5. The van der Waals surface area contributed by atoms with Crippen molar-refractivity contribution in [1.82, 2.24) is 5.32 Å². The van der Waals surface area contributed by atoms with E-state index in [9.17, 15) is 13.2 Å². The molecule has 0 aliphatic rings. The number of benzene rings is 3. The number of para-hydroxylation sites is 1. The number of ether oxygens (including phenoxy) is 2. The summed E-state index contributed by atoms with van der Waals surface area (Å²) in [5, 5.41) is 3.21. The van der Waals surface area contributed by atoms with Crippen molar-refractivity contribution >= 4 is 33.2 Å². The number of halogens is 1. The van der Waals surface area contributed by atoms with Crippen LogP contribution in [0, 0.1) is 0 Å². The number of anilines is 1. The smallest absolute Gasteiger partial charge is 0.264 e. The van der Waals surface area contributed by atoms with Gasteiger partial charge >= 0.3 is 0 Å². The van der Waals surface area contributed by atoms with Crippen molar-refractivity contribution in [1.29, 1.82) is 0 Å². The van der Waals surface area contributed by atoms with Gasteiger partial charge < -0.3 is 14.8 Å². The van der Waals surface area contributed by atoms with Crippen molar-refractivity contribution < 1.29 is 22.7 Å². The van der Waals surface area contributed by atoms with E-state index in [-0.39, 0.29) is 17.0 Å². The van der Waals surface area contributed by atoms with Gasteiger partial charge in [0.1, 0.15) is 0 Å². The number of sulfonamides is 1. The van der Waals surface area contributed by atoms with Crippen LogP contribution in [0.3, 0.4) is 0 Å². The summed E-state index contributed by atoms with van der Waals surface area (Å²) in [6, 6.07) is 17.7. The Bertz CT molecular complexity index is 1230. The van der Waals surface area contributed by atoms with Gasteiger partial charge in [0.15, 0.2) is 11.5 Å². The van der Waals surface area contributed by atoms with Crippen LogP contribution in [0.25, 0.3) is 0 Å². The van der Waals surface area contributed by atoms with Crippen molar-refractivity contribution in [2.75, 3.05) is 25.6 Å². The molecule has 7 nitrogen and oxygen atoms in total. The standard InChI is InChI=1S/C23H23ClN2O5S/c1-26(19-10-6-9-18(24)14-19)32(28,29)20-11-4-7-16(13-20)23(27)25-15-17-8-5-12-21(30-2)22(17)31-3/h4-14H,15H2,1-3H3,(H,25,27). The minimum Gasteiger partial charge on any atom is -0.493 e. The van der Waals surface area contributed by atoms with Gasteiger partial charge in [-0.05, 0) is 42.5 Å². The molecule has 0 aliphatic carbocycles. The molecule has 168 valence electrons. The summed E-state index contributed by atoms with van der Waals surface area (Å²) in [7, 11) is 0.596. The van der Waals surface area contributed by atoms with E-state index >= 15 is 0 Å². The fourth-order valence-corrected chi connectivity index (χ4v) is 4.56. The molecule has 1 amide bonds. The lowest BCUT2D eigenvalue weighted by atomic mass is 10.1. The first-order valence-electron chi connectivity index (χ1n) is 9.60. The molecule has 0 unspecified atom stereocenters. The lowest BCUT2D eigenvalue weighted by molar-refractivity contribution is 0.0950. The van der Waals surface area contributed by atoms with Gasteiger partial charge in [-0.25, -0.2) is 8.42 Å². The van der Waals surface area contributed by atoms with Gasteiger partial charge in [0.25, 0.3) is 15.9 Å². The Morgan fingerprint density at radius 1 is 1.00 bits per heavy atom. The maximum Gasteiger partial charge on any atom is 0.264 e. The van der Waals surface area contributed by atoms with Crippen molar-refractivity contribution in [2.24, 2.45) is 0 Å². The molecule has 0 spiro atoms. The van der Waals surface area contributed by atoms with Crippen molar-refractivity contribution in [3.63, 3.8) is 0 Å². The third-order valence-corrected chi connectivity index (χ3v) is 6.87. The lowest BCUT2D eigenvalue weighted by Gasteiger charge is -2.20. The molecule has 32 heavy (non-hydrogen) atoms. The van der Waals surface area contributed by atoms with Gasteiger partial charge in [0, 0.05) is 29.7 Å². The summed E-state index contributed by atoms with van der Waals surface area (Å²) in [6.45, 7) is 0.179. The van der Waals surface area contributed by atoms with Gasteiger partial charge in [-0.15, -0.1) is 0 Å². The van der Waals surface area contributed by atoms with Crippen LogP contribution in [-0.4, -0.2) is 35.6 Å². The van der Waals surface area contributed by atoms with Gasteiger partial charge in [0.2, 0.25) is 0 Å². The van der Waals surface area contributed by atoms with Gasteiger partial charge in [-0.3, -0.25) is 9.10 Å². The largest absolute Gasteiger partial charge is 0.493 e. The Morgan fingerprint density at radius 3 is 2.41 bits per heavy atom. The second-order valence-electron chi connectivity index (χ2n) is 6.82. The monoisotopic (exact) mass is 474 g/mol. The molecule has 0 aromatic heterocycles. The third kappa shape index (κ3) is 4.98. The van der Waals surface area contributed by atoms with E-state index in [1.807, 2.05) is 6.07 Å². The highest BCUT2D eigenvalue weighted by molar-refractivity contribution is 7.92. The molecule has 0 fully saturated rings. The Kier molecular flexibility index (Phi) is 7.27. The number of amides is 1. The highest BCUT2D eigenvalue weighted by Gasteiger charge is 2.23. The normalized spacial score (nSPS) is 11.0. The molecule has 0 radical (unpaired) electrons. The van der Waals surface area contributed by atoms with E-state index in [1.54, 1.807) is 42.5 Å². The minimum atomic E-state index is -3.89. The molecule has 0 saturated carbocycles. The summed E-state index contributed by atoms with van der Waals surface area (Å²) in [5.41, 5.74) is 1.36. The van der Waals surface area contributed by atoms with Crippen LogP contribution in [-0.2, 0) is 16.6 Å². The molecule has 3 aromatic carbocycles. The minimum absolute atomic E-state index is 0.00779. The number of carbonyl (C=O) groups excluding carboxylic acids is 1. The van der Waals surface area contributed by atoms with Crippen LogP contribution in [0.4, 0.5) is 5.69 Å². The number of nitrogens with zero attached hydrogens (tertiary/aromatic N) is 1. The average molecular weight is 475 g/mol. The highest BCUT2D eigenvalue weighted by atomic mass is 35.5. The van der Waals surface area contributed by atoms with E-state index in [0.29, 0.717) is 22.2 Å². The average Bonchev–Trinajstić information content (AvgIpc) is 2.81. The van der Waals surface area contributed by atoms with E-state index < -0.39 is 15.9 Å². The van der Waals surface area contributed by atoms with Crippen molar-refractivity contribution in [3.8, 4) is 11.5 Å². The van der Waals surface area contributed by atoms with Crippen molar-refractivity contribution in [3.05, 3.63) is 82.9 Å². The molecule has 1 N–H and O–H groups in total. The molecule has 0 heterocycles. The first kappa shape index (κ1) is 23.4. The zero-order chi connectivity index (χ0) is 23.3. The fraction of sp³-hybridized carbons (Fsp3) is 0.174. The zero-order valence-electron chi connectivity index (χ0n) is 17.8.